The summed E-state index contributed by atoms with van der Waals surface area (Å²) in [6.07, 6.45) is 7.56. The number of hydrogen-bond donors (Lipinski definition) is 2. The average molecular weight is 456 g/mol. The van der Waals surface area contributed by atoms with Gasteiger partial charge in [0.25, 0.3) is 0 Å². The SMILES string of the molecule is CC(C)(C)[Si](C)(C)O[C@@H]1CN[C@@H](c2cn3cc(C4CC4)cc(N4CC(=O)NC4=O)c3n2)C1. The number of imidazole rings is 1. The van der Waals surface area contributed by atoms with Gasteiger partial charge < -0.3 is 14.1 Å². The molecule has 1 aliphatic carbocycles. The third kappa shape index (κ3) is 3.86. The quantitative estimate of drug-likeness (QED) is 0.530. The minimum atomic E-state index is -1.84. The second kappa shape index (κ2) is 7.39. The highest BCUT2D eigenvalue weighted by Gasteiger charge is 2.41. The smallest absolute Gasteiger partial charge is 0.329 e. The summed E-state index contributed by atoms with van der Waals surface area (Å²) in [4.78, 5) is 30.6. The molecule has 2 aliphatic heterocycles. The zero-order chi connectivity index (χ0) is 22.8. The van der Waals surface area contributed by atoms with Gasteiger partial charge in [-0.2, -0.15) is 0 Å². The first kappa shape index (κ1) is 21.6. The average Bonchev–Trinajstić information content (AvgIpc) is 3.13. The van der Waals surface area contributed by atoms with E-state index < -0.39 is 8.32 Å². The van der Waals surface area contributed by atoms with E-state index in [1.807, 2.05) is 10.5 Å². The first-order valence-corrected chi connectivity index (χ1v) is 14.5. The summed E-state index contributed by atoms with van der Waals surface area (Å²) in [5.41, 5.74) is 3.56. The van der Waals surface area contributed by atoms with Crippen molar-refractivity contribution in [2.45, 2.75) is 76.2 Å². The van der Waals surface area contributed by atoms with Gasteiger partial charge in [-0.1, -0.05) is 20.8 Å². The summed E-state index contributed by atoms with van der Waals surface area (Å²) in [7, 11) is -1.84. The number of aromatic nitrogens is 2. The fourth-order valence-corrected chi connectivity index (χ4v) is 5.74. The van der Waals surface area contributed by atoms with Crippen LogP contribution in [0.15, 0.2) is 18.5 Å². The Kier molecular flexibility index (Phi) is 4.99. The number of imide groups is 1. The minimum Gasteiger partial charge on any atom is -0.413 e. The molecule has 9 heteroatoms. The summed E-state index contributed by atoms with van der Waals surface area (Å²) in [6, 6.07) is 1.76. The number of rotatable bonds is 5. The topological polar surface area (TPSA) is 88.0 Å². The van der Waals surface area contributed by atoms with Crippen molar-refractivity contribution in [2.24, 2.45) is 0 Å². The van der Waals surface area contributed by atoms with Crippen LogP contribution in [-0.2, 0) is 9.22 Å². The number of fused-ring (bicyclic) bond motifs is 1. The maximum Gasteiger partial charge on any atom is 0.329 e. The van der Waals surface area contributed by atoms with Gasteiger partial charge >= 0.3 is 6.03 Å². The zero-order valence-corrected chi connectivity index (χ0v) is 20.6. The highest BCUT2D eigenvalue weighted by molar-refractivity contribution is 6.74. The molecule has 1 saturated carbocycles. The van der Waals surface area contributed by atoms with Gasteiger partial charge in [0.1, 0.15) is 6.54 Å². The van der Waals surface area contributed by atoms with Crippen molar-refractivity contribution in [1.82, 2.24) is 20.0 Å². The maximum absolute atomic E-state index is 12.4. The first-order chi connectivity index (χ1) is 15.0. The van der Waals surface area contributed by atoms with Crippen molar-refractivity contribution in [1.29, 1.82) is 0 Å². The number of pyridine rings is 1. The summed E-state index contributed by atoms with van der Waals surface area (Å²) >= 11 is 0. The molecule has 2 saturated heterocycles. The number of nitrogens with zero attached hydrogens (tertiary/aromatic N) is 3. The molecule has 3 amide bonds. The Hall–Kier alpha value is -2.23. The molecule has 2 aromatic rings. The number of urea groups is 1. The van der Waals surface area contributed by atoms with Gasteiger partial charge in [-0.15, -0.1) is 0 Å². The zero-order valence-electron chi connectivity index (χ0n) is 19.6. The van der Waals surface area contributed by atoms with E-state index in [0.29, 0.717) is 17.3 Å². The summed E-state index contributed by atoms with van der Waals surface area (Å²) < 4.78 is 8.65. The molecule has 0 spiro atoms. The molecule has 0 aromatic carbocycles. The molecule has 4 heterocycles. The minimum absolute atomic E-state index is 0.0366. The van der Waals surface area contributed by atoms with Crippen molar-refractivity contribution >= 4 is 31.6 Å². The van der Waals surface area contributed by atoms with Crippen LogP contribution in [0.5, 0.6) is 0 Å². The van der Waals surface area contributed by atoms with Gasteiger partial charge in [-0.3, -0.25) is 15.0 Å². The molecule has 8 nitrogen and oxygen atoms in total. The summed E-state index contributed by atoms with van der Waals surface area (Å²) in [6.45, 7) is 12.2. The van der Waals surface area contributed by atoms with Crippen LogP contribution in [0.1, 0.15) is 63.3 Å². The molecular weight excluding hydrogens is 422 g/mol. The van der Waals surface area contributed by atoms with Crippen LogP contribution >= 0.6 is 0 Å². The van der Waals surface area contributed by atoms with Crippen molar-refractivity contribution in [3.8, 4) is 0 Å². The van der Waals surface area contributed by atoms with Crippen LogP contribution in [0.2, 0.25) is 18.1 Å². The molecular formula is C23H33N5O3Si. The van der Waals surface area contributed by atoms with E-state index in [9.17, 15) is 9.59 Å². The van der Waals surface area contributed by atoms with Gasteiger partial charge in [-0.25, -0.2) is 9.78 Å². The van der Waals surface area contributed by atoms with E-state index >= 15 is 0 Å². The molecule has 2 N–H and O–H groups in total. The van der Waals surface area contributed by atoms with E-state index in [4.69, 9.17) is 9.41 Å². The van der Waals surface area contributed by atoms with Crippen LogP contribution in [0, 0.1) is 0 Å². The molecule has 0 unspecified atom stereocenters. The van der Waals surface area contributed by atoms with E-state index in [0.717, 1.165) is 31.5 Å². The lowest BCUT2D eigenvalue weighted by Gasteiger charge is -2.38. The number of carbonyl (C=O) groups excluding carboxylic acids is 2. The Morgan fingerprint density at radius 3 is 2.56 bits per heavy atom. The van der Waals surface area contributed by atoms with Crippen LogP contribution in [0.4, 0.5) is 10.5 Å². The number of anilines is 1. The molecule has 0 bridgehead atoms. The Bertz CT molecular complexity index is 1090. The molecule has 172 valence electrons. The molecule has 5 rings (SSSR count). The first-order valence-electron chi connectivity index (χ1n) is 11.6. The van der Waals surface area contributed by atoms with Crippen molar-refractivity contribution in [2.75, 3.05) is 18.0 Å². The van der Waals surface area contributed by atoms with Gasteiger partial charge in [-0.05, 0) is 54.9 Å². The summed E-state index contributed by atoms with van der Waals surface area (Å²) in [5.74, 6) is 0.247. The van der Waals surface area contributed by atoms with Gasteiger partial charge in [0.2, 0.25) is 5.91 Å². The Morgan fingerprint density at radius 2 is 1.94 bits per heavy atom. The molecule has 3 aliphatic rings. The Balaban J connectivity index is 1.43. The van der Waals surface area contributed by atoms with Gasteiger partial charge in [0, 0.05) is 18.9 Å². The van der Waals surface area contributed by atoms with E-state index in [-0.39, 0.29) is 35.7 Å². The molecule has 3 fully saturated rings. The predicted molar refractivity (Wildman–Crippen MR) is 125 cm³/mol. The fourth-order valence-electron chi connectivity index (χ4n) is 4.38. The van der Waals surface area contributed by atoms with Crippen molar-refractivity contribution in [3.05, 3.63) is 29.7 Å². The number of amides is 3. The molecule has 32 heavy (non-hydrogen) atoms. The maximum atomic E-state index is 12.4. The molecule has 0 radical (unpaired) electrons. The lowest BCUT2D eigenvalue weighted by atomic mass is 10.1. The van der Waals surface area contributed by atoms with Crippen LogP contribution in [0.25, 0.3) is 5.65 Å². The molecule has 2 aromatic heterocycles. The standard InChI is InChI=1S/C23H33N5O3Si/c1-23(2,3)32(4,5)31-16-9-17(24-10-16)18-12-27-11-15(14-6-7-14)8-19(21(27)25-18)28-13-20(29)26-22(28)30/h8,11-12,14,16-17,24H,6-7,9-10,13H2,1-5H3,(H,26,29,30)/t16-,17+/m0/s1. The Labute approximate surface area is 189 Å². The second-order valence-corrected chi connectivity index (χ2v) is 15.7. The largest absolute Gasteiger partial charge is 0.413 e. The van der Waals surface area contributed by atoms with Crippen molar-refractivity contribution in [3.63, 3.8) is 0 Å². The van der Waals surface area contributed by atoms with Gasteiger partial charge in [0.15, 0.2) is 14.0 Å². The summed E-state index contributed by atoms with van der Waals surface area (Å²) in [5, 5.41) is 6.15. The van der Waals surface area contributed by atoms with E-state index in [2.05, 4.69) is 56.9 Å². The second-order valence-electron chi connectivity index (χ2n) is 11.0. The lowest BCUT2D eigenvalue weighted by Crippen LogP contribution is -2.44. The third-order valence-corrected chi connectivity index (χ3v) is 12.0. The number of hydrogen-bond acceptors (Lipinski definition) is 5. The van der Waals surface area contributed by atoms with Crippen LogP contribution < -0.4 is 15.5 Å². The third-order valence-electron chi connectivity index (χ3n) is 7.42. The fraction of sp³-hybridized carbons (Fsp3) is 0.609. The van der Waals surface area contributed by atoms with Crippen LogP contribution in [0.3, 0.4) is 0 Å². The predicted octanol–water partition coefficient (Wildman–Crippen LogP) is 3.69. The Morgan fingerprint density at radius 1 is 1.19 bits per heavy atom. The normalized spacial score (nSPS) is 24.6. The van der Waals surface area contributed by atoms with E-state index in [1.54, 1.807) is 0 Å². The van der Waals surface area contributed by atoms with Crippen molar-refractivity contribution < 1.29 is 14.0 Å². The monoisotopic (exact) mass is 455 g/mol. The number of carbonyl (C=O) groups is 2. The highest BCUT2D eigenvalue weighted by Crippen LogP contribution is 2.43. The lowest BCUT2D eigenvalue weighted by molar-refractivity contribution is -0.117. The van der Waals surface area contributed by atoms with Gasteiger partial charge in [0.05, 0.1) is 23.5 Å². The van der Waals surface area contributed by atoms with E-state index in [1.165, 1.54) is 10.5 Å². The van der Waals surface area contributed by atoms with Crippen LogP contribution in [-0.4, -0.2) is 48.8 Å². The highest BCUT2D eigenvalue weighted by atomic mass is 28.4. The molecule has 2 atom stereocenters. The number of nitrogens with one attached hydrogen (secondary N) is 2.